The van der Waals surface area contributed by atoms with Gasteiger partial charge in [0, 0.05) is 29.9 Å². The highest BCUT2D eigenvalue weighted by Gasteiger charge is 2.15. The summed E-state index contributed by atoms with van der Waals surface area (Å²) in [5.74, 6) is -0.146. The van der Waals surface area contributed by atoms with E-state index in [1.54, 1.807) is 24.3 Å². The van der Waals surface area contributed by atoms with Gasteiger partial charge >= 0.3 is 0 Å². The van der Waals surface area contributed by atoms with Crippen molar-refractivity contribution < 1.29 is 9.59 Å². The number of hydrogen-bond acceptors (Lipinski definition) is 2. The Kier molecular flexibility index (Phi) is 6.96. The molecule has 0 bridgehead atoms. The van der Waals surface area contributed by atoms with Crippen LogP contribution in [0.25, 0.3) is 0 Å². The molecule has 4 heteroatoms. The number of nitrogens with one attached hydrogen (secondary N) is 1. The van der Waals surface area contributed by atoms with E-state index in [2.05, 4.69) is 19.2 Å². The van der Waals surface area contributed by atoms with E-state index in [1.807, 2.05) is 36.9 Å². The van der Waals surface area contributed by atoms with E-state index in [-0.39, 0.29) is 11.8 Å². The first-order valence-electron chi connectivity index (χ1n) is 9.24. The summed E-state index contributed by atoms with van der Waals surface area (Å²) in [5.41, 5.74) is 4.17. The summed E-state index contributed by atoms with van der Waals surface area (Å²) in [5, 5.41) is 2.95. The van der Waals surface area contributed by atoms with Crippen LogP contribution in [0, 0.1) is 13.8 Å². The fourth-order valence-corrected chi connectivity index (χ4v) is 2.88. The molecule has 0 atom stereocenters. The Morgan fingerprint density at radius 3 is 2.04 bits per heavy atom. The van der Waals surface area contributed by atoms with Crippen molar-refractivity contribution >= 4 is 17.5 Å². The fraction of sp³-hybridized carbons (Fsp3) is 0.364. The van der Waals surface area contributed by atoms with Gasteiger partial charge in [0.1, 0.15) is 0 Å². The Balaban J connectivity index is 2.12. The molecule has 138 valence electrons. The van der Waals surface area contributed by atoms with Crippen LogP contribution < -0.4 is 5.32 Å². The van der Waals surface area contributed by atoms with Gasteiger partial charge < -0.3 is 10.2 Å². The van der Waals surface area contributed by atoms with E-state index < -0.39 is 0 Å². The Morgan fingerprint density at radius 2 is 1.46 bits per heavy atom. The molecular weight excluding hydrogens is 324 g/mol. The van der Waals surface area contributed by atoms with Crippen molar-refractivity contribution in [1.82, 2.24) is 4.90 Å². The maximum absolute atomic E-state index is 12.6. The third kappa shape index (κ3) is 4.72. The van der Waals surface area contributed by atoms with Crippen LogP contribution in [0.15, 0.2) is 42.5 Å². The number of hydrogen-bond donors (Lipinski definition) is 1. The lowest BCUT2D eigenvalue weighted by atomic mass is 10.1. The molecule has 1 N–H and O–H groups in total. The third-order valence-corrected chi connectivity index (χ3v) is 4.52. The SMILES string of the molecule is CCCN(CCC)C(=O)c1ccc(C(=O)Nc2cccc(C)c2C)cc1. The van der Waals surface area contributed by atoms with Crippen LogP contribution in [0.3, 0.4) is 0 Å². The summed E-state index contributed by atoms with van der Waals surface area (Å²) in [6.45, 7) is 9.64. The molecule has 26 heavy (non-hydrogen) atoms. The molecule has 2 aromatic carbocycles. The van der Waals surface area contributed by atoms with Gasteiger partial charge in [-0.3, -0.25) is 9.59 Å². The number of nitrogens with zero attached hydrogens (tertiary/aromatic N) is 1. The van der Waals surface area contributed by atoms with E-state index in [4.69, 9.17) is 0 Å². The van der Waals surface area contributed by atoms with Crippen LogP contribution in [0.1, 0.15) is 58.5 Å². The zero-order valence-electron chi connectivity index (χ0n) is 16.1. The first-order valence-corrected chi connectivity index (χ1v) is 9.24. The second-order valence-electron chi connectivity index (χ2n) is 6.57. The minimum atomic E-state index is -0.170. The highest BCUT2D eigenvalue weighted by Crippen LogP contribution is 2.19. The van der Waals surface area contributed by atoms with Gasteiger partial charge in [-0.2, -0.15) is 0 Å². The molecule has 0 saturated heterocycles. The van der Waals surface area contributed by atoms with E-state index in [9.17, 15) is 9.59 Å². The zero-order valence-corrected chi connectivity index (χ0v) is 16.1. The monoisotopic (exact) mass is 352 g/mol. The van der Waals surface area contributed by atoms with Gasteiger partial charge in [0.25, 0.3) is 11.8 Å². The van der Waals surface area contributed by atoms with E-state index in [0.29, 0.717) is 11.1 Å². The highest BCUT2D eigenvalue weighted by atomic mass is 16.2. The first-order chi connectivity index (χ1) is 12.5. The lowest BCUT2D eigenvalue weighted by Gasteiger charge is -2.21. The molecule has 0 radical (unpaired) electrons. The molecule has 0 saturated carbocycles. The summed E-state index contributed by atoms with van der Waals surface area (Å²) in [6, 6.07) is 12.7. The van der Waals surface area contributed by atoms with Crippen molar-refractivity contribution in [3.8, 4) is 0 Å². The number of rotatable bonds is 7. The van der Waals surface area contributed by atoms with Crippen molar-refractivity contribution in [1.29, 1.82) is 0 Å². The maximum atomic E-state index is 12.6. The van der Waals surface area contributed by atoms with Crippen LogP contribution in [0.2, 0.25) is 0 Å². The van der Waals surface area contributed by atoms with Gasteiger partial charge in [-0.25, -0.2) is 0 Å². The van der Waals surface area contributed by atoms with Crippen LogP contribution in [-0.4, -0.2) is 29.8 Å². The molecule has 0 aliphatic carbocycles. The molecule has 4 nitrogen and oxygen atoms in total. The van der Waals surface area contributed by atoms with Gasteiger partial charge in [0.2, 0.25) is 0 Å². The molecule has 2 amide bonds. The molecule has 2 aromatic rings. The van der Waals surface area contributed by atoms with Crippen LogP contribution in [0.4, 0.5) is 5.69 Å². The predicted octanol–water partition coefficient (Wildman–Crippen LogP) is 4.82. The first kappa shape index (κ1) is 19.7. The third-order valence-electron chi connectivity index (χ3n) is 4.52. The second-order valence-corrected chi connectivity index (χ2v) is 6.57. The molecule has 0 spiro atoms. The second kappa shape index (κ2) is 9.18. The fourth-order valence-electron chi connectivity index (χ4n) is 2.88. The average Bonchev–Trinajstić information content (AvgIpc) is 2.65. The summed E-state index contributed by atoms with van der Waals surface area (Å²) in [7, 11) is 0. The maximum Gasteiger partial charge on any atom is 0.255 e. The normalized spacial score (nSPS) is 10.5. The highest BCUT2D eigenvalue weighted by molar-refractivity contribution is 6.05. The molecule has 0 aliphatic heterocycles. The van der Waals surface area contributed by atoms with Crippen molar-refractivity contribution in [2.75, 3.05) is 18.4 Å². The summed E-state index contributed by atoms with van der Waals surface area (Å²) >= 11 is 0. The van der Waals surface area contributed by atoms with E-state index >= 15 is 0 Å². The van der Waals surface area contributed by atoms with E-state index in [1.165, 1.54) is 0 Å². The van der Waals surface area contributed by atoms with Gasteiger partial charge in [0.15, 0.2) is 0 Å². The largest absolute Gasteiger partial charge is 0.339 e. The molecule has 0 unspecified atom stereocenters. The smallest absolute Gasteiger partial charge is 0.255 e. The number of benzene rings is 2. The molecule has 2 rings (SSSR count). The van der Waals surface area contributed by atoms with Gasteiger partial charge in [-0.1, -0.05) is 26.0 Å². The standard InChI is InChI=1S/C22H28N2O2/c1-5-14-24(15-6-2)22(26)19-12-10-18(11-13-19)21(25)23-20-9-7-8-16(3)17(20)4/h7-13H,5-6,14-15H2,1-4H3,(H,23,25). The number of anilines is 1. The molecule has 0 heterocycles. The summed E-state index contributed by atoms with van der Waals surface area (Å²) in [6.07, 6.45) is 1.87. The van der Waals surface area contributed by atoms with Gasteiger partial charge in [-0.15, -0.1) is 0 Å². The van der Waals surface area contributed by atoms with Crippen molar-refractivity contribution in [2.24, 2.45) is 0 Å². The van der Waals surface area contributed by atoms with Crippen molar-refractivity contribution in [3.63, 3.8) is 0 Å². The van der Waals surface area contributed by atoms with Gasteiger partial charge in [-0.05, 0) is 68.1 Å². The Hall–Kier alpha value is -2.62. The van der Waals surface area contributed by atoms with Crippen LogP contribution >= 0.6 is 0 Å². The van der Waals surface area contributed by atoms with Crippen LogP contribution in [-0.2, 0) is 0 Å². The number of aryl methyl sites for hydroxylation is 1. The Labute approximate surface area is 156 Å². The number of carbonyl (C=O) groups excluding carboxylic acids is 2. The molecule has 0 aliphatic rings. The average molecular weight is 352 g/mol. The lowest BCUT2D eigenvalue weighted by molar-refractivity contribution is 0.0755. The molecular formula is C22H28N2O2. The van der Waals surface area contributed by atoms with E-state index in [0.717, 1.165) is 42.7 Å². The lowest BCUT2D eigenvalue weighted by Crippen LogP contribution is -2.32. The van der Waals surface area contributed by atoms with Crippen molar-refractivity contribution in [3.05, 3.63) is 64.7 Å². The van der Waals surface area contributed by atoms with Crippen molar-refractivity contribution in [2.45, 2.75) is 40.5 Å². The Morgan fingerprint density at radius 1 is 0.885 bits per heavy atom. The number of amides is 2. The molecule has 0 fully saturated rings. The van der Waals surface area contributed by atoms with Gasteiger partial charge in [0.05, 0.1) is 0 Å². The zero-order chi connectivity index (χ0) is 19.1. The molecule has 0 aromatic heterocycles. The number of carbonyl (C=O) groups is 2. The quantitative estimate of drug-likeness (QED) is 0.777. The summed E-state index contributed by atoms with van der Waals surface area (Å²) in [4.78, 5) is 27.0. The minimum absolute atomic E-state index is 0.0233. The summed E-state index contributed by atoms with van der Waals surface area (Å²) < 4.78 is 0. The topological polar surface area (TPSA) is 49.4 Å². The Bertz CT molecular complexity index is 760. The minimum Gasteiger partial charge on any atom is -0.339 e. The predicted molar refractivity (Wildman–Crippen MR) is 107 cm³/mol. The van der Waals surface area contributed by atoms with Crippen LogP contribution in [0.5, 0.6) is 0 Å².